The molecule has 0 amide bonds. The molecule has 0 aliphatic carbocycles. The maximum Gasteiger partial charge on any atom is 0.175 e. The number of nitrogens with two attached hydrogens (primary N) is 1. The van der Waals surface area contributed by atoms with E-state index in [1.807, 2.05) is 0 Å². The number of nitrogens with zero attached hydrogens (tertiary/aromatic N) is 4. The summed E-state index contributed by atoms with van der Waals surface area (Å²) in [5.74, 6) is 0.462. The molecular formula is C11H14FN5. The van der Waals surface area contributed by atoms with Crippen molar-refractivity contribution < 1.29 is 4.39 Å². The third kappa shape index (κ3) is 3.32. The van der Waals surface area contributed by atoms with Crippen LogP contribution in [-0.4, -0.2) is 26.8 Å². The molecule has 0 saturated carbocycles. The van der Waals surface area contributed by atoms with Crippen molar-refractivity contribution in [3.8, 4) is 0 Å². The molecule has 2 N–H and O–H groups in total. The van der Waals surface area contributed by atoms with Crippen molar-refractivity contribution in [1.82, 2.24) is 20.2 Å². The van der Waals surface area contributed by atoms with Gasteiger partial charge in [0.05, 0.1) is 6.54 Å². The van der Waals surface area contributed by atoms with E-state index in [0.29, 0.717) is 25.3 Å². The van der Waals surface area contributed by atoms with Crippen molar-refractivity contribution in [1.29, 1.82) is 0 Å². The Hall–Kier alpha value is -1.82. The van der Waals surface area contributed by atoms with E-state index < -0.39 is 0 Å². The molecule has 90 valence electrons. The van der Waals surface area contributed by atoms with Gasteiger partial charge < -0.3 is 5.73 Å². The first-order valence-electron chi connectivity index (χ1n) is 5.49. The van der Waals surface area contributed by atoms with Gasteiger partial charge >= 0.3 is 0 Å². The Kier molecular flexibility index (Phi) is 3.77. The number of halogens is 1. The lowest BCUT2D eigenvalue weighted by atomic mass is 10.1. The topological polar surface area (TPSA) is 69.6 Å². The molecule has 0 saturated heterocycles. The summed E-state index contributed by atoms with van der Waals surface area (Å²) >= 11 is 0. The molecule has 0 aliphatic heterocycles. The van der Waals surface area contributed by atoms with Gasteiger partial charge in [0.15, 0.2) is 5.82 Å². The molecule has 0 unspecified atom stereocenters. The fourth-order valence-corrected chi connectivity index (χ4v) is 1.49. The van der Waals surface area contributed by atoms with E-state index in [0.717, 1.165) is 12.0 Å². The van der Waals surface area contributed by atoms with Crippen LogP contribution in [0.1, 0.15) is 11.4 Å². The number of aryl methyl sites for hydroxylation is 2. The summed E-state index contributed by atoms with van der Waals surface area (Å²) in [5, 5.41) is 12.0. The second kappa shape index (κ2) is 5.49. The quantitative estimate of drug-likeness (QED) is 0.822. The number of hydrogen-bond acceptors (Lipinski definition) is 4. The summed E-state index contributed by atoms with van der Waals surface area (Å²) in [6.45, 7) is 1.07. The fraction of sp³-hybridized carbons (Fsp3) is 0.364. The second-order valence-electron chi connectivity index (χ2n) is 3.72. The van der Waals surface area contributed by atoms with Crippen LogP contribution >= 0.6 is 0 Å². The molecule has 1 aromatic carbocycles. The van der Waals surface area contributed by atoms with Crippen LogP contribution in [0.25, 0.3) is 0 Å². The van der Waals surface area contributed by atoms with Crippen LogP contribution in [0.4, 0.5) is 4.39 Å². The maximum absolute atomic E-state index is 12.7. The van der Waals surface area contributed by atoms with Crippen LogP contribution in [0.5, 0.6) is 0 Å². The minimum absolute atomic E-state index is 0.222. The van der Waals surface area contributed by atoms with E-state index in [2.05, 4.69) is 15.4 Å². The van der Waals surface area contributed by atoms with Gasteiger partial charge in [0.25, 0.3) is 0 Å². The van der Waals surface area contributed by atoms with E-state index >= 15 is 0 Å². The van der Waals surface area contributed by atoms with Crippen molar-refractivity contribution in [2.45, 2.75) is 19.4 Å². The van der Waals surface area contributed by atoms with Gasteiger partial charge in [-0.2, -0.15) is 4.80 Å². The smallest absolute Gasteiger partial charge is 0.175 e. The Balaban J connectivity index is 1.90. The molecule has 0 spiro atoms. The normalized spacial score (nSPS) is 10.7. The highest BCUT2D eigenvalue weighted by Crippen LogP contribution is 2.05. The fourth-order valence-electron chi connectivity index (χ4n) is 1.49. The Morgan fingerprint density at radius 3 is 2.65 bits per heavy atom. The molecule has 0 aliphatic rings. The van der Waals surface area contributed by atoms with Gasteiger partial charge in [0.1, 0.15) is 5.82 Å². The molecule has 1 heterocycles. The first-order chi connectivity index (χ1) is 8.28. The number of aromatic nitrogens is 4. The minimum Gasteiger partial charge on any atom is -0.329 e. The molecule has 17 heavy (non-hydrogen) atoms. The molecule has 0 radical (unpaired) electrons. The molecule has 2 rings (SSSR count). The zero-order chi connectivity index (χ0) is 12.1. The summed E-state index contributed by atoms with van der Waals surface area (Å²) in [6, 6.07) is 6.43. The van der Waals surface area contributed by atoms with E-state index in [-0.39, 0.29) is 5.82 Å². The van der Waals surface area contributed by atoms with Gasteiger partial charge in [0, 0.05) is 13.0 Å². The lowest BCUT2D eigenvalue weighted by Gasteiger charge is -1.97. The summed E-state index contributed by atoms with van der Waals surface area (Å²) in [4.78, 5) is 1.49. The third-order valence-corrected chi connectivity index (χ3v) is 2.37. The first kappa shape index (κ1) is 11.7. The van der Waals surface area contributed by atoms with Crippen molar-refractivity contribution in [3.63, 3.8) is 0 Å². The Bertz CT molecular complexity index is 465. The standard InChI is InChI=1S/C11H14FN5/c12-10-4-1-9(2-5-10)3-6-11-14-16-17(15-11)8-7-13/h1-2,4-5H,3,6-8,13H2. The Labute approximate surface area is 98.4 Å². The number of benzene rings is 1. The summed E-state index contributed by atoms with van der Waals surface area (Å²) < 4.78 is 12.7. The SMILES string of the molecule is NCCn1nnc(CCc2ccc(F)cc2)n1. The largest absolute Gasteiger partial charge is 0.329 e. The van der Waals surface area contributed by atoms with Crippen LogP contribution in [0.3, 0.4) is 0 Å². The van der Waals surface area contributed by atoms with Crippen molar-refractivity contribution >= 4 is 0 Å². The Morgan fingerprint density at radius 1 is 1.18 bits per heavy atom. The predicted octanol–water partition coefficient (Wildman–Crippen LogP) is 0.556. The molecular weight excluding hydrogens is 221 g/mol. The second-order valence-corrected chi connectivity index (χ2v) is 3.72. The molecule has 5 nitrogen and oxygen atoms in total. The zero-order valence-corrected chi connectivity index (χ0v) is 9.38. The lowest BCUT2D eigenvalue weighted by Crippen LogP contribution is -2.12. The highest BCUT2D eigenvalue weighted by Gasteiger charge is 2.03. The minimum atomic E-state index is -0.222. The maximum atomic E-state index is 12.7. The highest BCUT2D eigenvalue weighted by atomic mass is 19.1. The zero-order valence-electron chi connectivity index (χ0n) is 9.38. The summed E-state index contributed by atoms with van der Waals surface area (Å²) in [7, 11) is 0. The van der Waals surface area contributed by atoms with Gasteiger partial charge in [-0.1, -0.05) is 12.1 Å². The van der Waals surface area contributed by atoms with Crippen LogP contribution < -0.4 is 5.73 Å². The van der Waals surface area contributed by atoms with E-state index in [1.54, 1.807) is 12.1 Å². The van der Waals surface area contributed by atoms with Crippen LogP contribution in [-0.2, 0) is 19.4 Å². The summed E-state index contributed by atoms with van der Waals surface area (Å²) in [6.07, 6.45) is 1.46. The van der Waals surface area contributed by atoms with Crippen LogP contribution in [0, 0.1) is 5.82 Å². The van der Waals surface area contributed by atoms with Gasteiger partial charge in [-0.25, -0.2) is 4.39 Å². The van der Waals surface area contributed by atoms with Crippen molar-refractivity contribution in [2.75, 3.05) is 6.54 Å². The highest BCUT2D eigenvalue weighted by molar-refractivity contribution is 5.16. The number of hydrogen-bond donors (Lipinski definition) is 1. The predicted molar refractivity (Wildman–Crippen MR) is 60.7 cm³/mol. The molecule has 0 fully saturated rings. The van der Waals surface area contributed by atoms with Gasteiger partial charge in [0.2, 0.25) is 0 Å². The van der Waals surface area contributed by atoms with Gasteiger partial charge in [-0.3, -0.25) is 0 Å². The molecule has 2 aromatic rings. The average Bonchev–Trinajstić information content (AvgIpc) is 2.77. The van der Waals surface area contributed by atoms with Gasteiger partial charge in [-0.15, -0.1) is 10.2 Å². The summed E-state index contributed by atoms with van der Waals surface area (Å²) in [5.41, 5.74) is 6.44. The van der Waals surface area contributed by atoms with Gasteiger partial charge in [-0.05, 0) is 29.3 Å². The lowest BCUT2D eigenvalue weighted by molar-refractivity contribution is 0.528. The number of rotatable bonds is 5. The molecule has 1 aromatic heterocycles. The number of tetrazole rings is 1. The Morgan fingerprint density at radius 2 is 1.94 bits per heavy atom. The van der Waals surface area contributed by atoms with E-state index in [9.17, 15) is 4.39 Å². The van der Waals surface area contributed by atoms with Crippen molar-refractivity contribution in [3.05, 3.63) is 41.5 Å². The van der Waals surface area contributed by atoms with E-state index in [1.165, 1.54) is 16.9 Å². The molecule has 0 atom stereocenters. The molecule has 6 heteroatoms. The average molecular weight is 235 g/mol. The van der Waals surface area contributed by atoms with Crippen LogP contribution in [0.15, 0.2) is 24.3 Å². The molecule has 0 bridgehead atoms. The first-order valence-corrected chi connectivity index (χ1v) is 5.49. The van der Waals surface area contributed by atoms with E-state index in [4.69, 9.17) is 5.73 Å². The van der Waals surface area contributed by atoms with Crippen LogP contribution in [0.2, 0.25) is 0 Å². The van der Waals surface area contributed by atoms with Crippen molar-refractivity contribution in [2.24, 2.45) is 5.73 Å². The monoisotopic (exact) mass is 235 g/mol. The third-order valence-electron chi connectivity index (χ3n) is 2.37.